The number of nitro benzene ring substituents is 1. The second-order valence-electron chi connectivity index (χ2n) is 5.54. The van der Waals surface area contributed by atoms with E-state index >= 15 is 0 Å². The molecule has 24 heavy (non-hydrogen) atoms. The normalized spacial score (nSPS) is 16.0. The van der Waals surface area contributed by atoms with E-state index in [0.717, 1.165) is 44.0 Å². The zero-order valence-corrected chi connectivity index (χ0v) is 14.3. The van der Waals surface area contributed by atoms with Gasteiger partial charge in [-0.05, 0) is 25.5 Å². The van der Waals surface area contributed by atoms with Crippen LogP contribution in [0.1, 0.15) is 13.3 Å². The first-order valence-corrected chi connectivity index (χ1v) is 8.00. The Bertz CT molecular complexity index is 708. The first kappa shape index (κ1) is 17.7. The lowest BCUT2D eigenvalue weighted by Gasteiger charge is -2.25. The Labute approximate surface area is 146 Å². The average Bonchev–Trinajstić information content (AvgIpc) is 2.81. The number of rotatable bonds is 4. The highest BCUT2D eigenvalue weighted by molar-refractivity contribution is 7.80. The van der Waals surface area contributed by atoms with Crippen molar-refractivity contribution in [2.45, 2.75) is 13.3 Å². The summed E-state index contributed by atoms with van der Waals surface area (Å²) < 4.78 is 0. The van der Waals surface area contributed by atoms with Gasteiger partial charge in [0.1, 0.15) is 16.6 Å². The van der Waals surface area contributed by atoms with Crippen molar-refractivity contribution in [3.8, 4) is 6.07 Å². The van der Waals surface area contributed by atoms with Crippen molar-refractivity contribution in [1.82, 2.24) is 4.90 Å². The molecule has 2 rings (SSSR count). The van der Waals surface area contributed by atoms with Crippen LogP contribution in [0.3, 0.4) is 0 Å². The molecule has 8 heteroatoms. The molecular weight excluding hydrogens is 326 g/mol. The minimum absolute atomic E-state index is 0.0871. The van der Waals surface area contributed by atoms with Gasteiger partial charge in [0.2, 0.25) is 0 Å². The molecule has 2 N–H and O–H groups in total. The summed E-state index contributed by atoms with van der Waals surface area (Å²) >= 11 is 4.93. The van der Waals surface area contributed by atoms with Crippen molar-refractivity contribution in [2.75, 3.05) is 31.1 Å². The zero-order valence-electron chi connectivity index (χ0n) is 13.4. The predicted octanol–water partition coefficient (Wildman–Crippen LogP) is 2.19. The topological polar surface area (TPSA) is 99.4 Å². The Hall–Kier alpha value is -2.66. The second-order valence-corrected chi connectivity index (χ2v) is 5.98. The third-order valence-electron chi connectivity index (χ3n) is 4.12. The number of allylic oxidation sites excluding steroid dienone is 1. The lowest BCUT2D eigenvalue weighted by molar-refractivity contribution is -0.384. The highest BCUT2D eigenvalue weighted by Crippen LogP contribution is 2.22. The first-order chi connectivity index (χ1) is 11.4. The highest BCUT2D eigenvalue weighted by Gasteiger charge is 2.18. The predicted molar refractivity (Wildman–Crippen MR) is 96.6 cm³/mol. The maximum atomic E-state index is 10.7. The SMILES string of the molecule is CC(=C(C#N)C(N)=S)N1CCCN(c2ccc([N+](=O)[O-])cc2)CC1. The molecule has 0 amide bonds. The van der Waals surface area contributed by atoms with Gasteiger partial charge in [-0.3, -0.25) is 10.1 Å². The molecule has 1 aromatic carbocycles. The van der Waals surface area contributed by atoms with Crippen LogP contribution in [0.5, 0.6) is 0 Å². The van der Waals surface area contributed by atoms with Crippen LogP contribution >= 0.6 is 12.2 Å². The summed E-state index contributed by atoms with van der Waals surface area (Å²) in [6, 6.07) is 8.65. The maximum Gasteiger partial charge on any atom is 0.269 e. The summed E-state index contributed by atoms with van der Waals surface area (Å²) in [7, 11) is 0. The lowest BCUT2D eigenvalue weighted by Crippen LogP contribution is -2.31. The molecule has 0 radical (unpaired) electrons. The lowest BCUT2D eigenvalue weighted by atomic mass is 10.2. The van der Waals surface area contributed by atoms with Crippen LogP contribution in [0.15, 0.2) is 35.5 Å². The Morgan fingerprint density at radius 2 is 1.96 bits per heavy atom. The molecule has 0 unspecified atom stereocenters. The van der Waals surface area contributed by atoms with E-state index in [9.17, 15) is 15.4 Å². The van der Waals surface area contributed by atoms with Crippen LogP contribution in [0.4, 0.5) is 11.4 Å². The zero-order chi connectivity index (χ0) is 17.7. The molecule has 1 aliphatic rings. The number of hydrogen-bond acceptors (Lipinski definition) is 6. The van der Waals surface area contributed by atoms with Crippen LogP contribution in [0, 0.1) is 21.4 Å². The van der Waals surface area contributed by atoms with E-state index in [1.807, 2.05) is 6.92 Å². The Kier molecular flexibility index (Phi) is 5.71. The van der Waals surface area contributed by atoms with E-state index in [-0.39, 0.29) is 10.7 Å². The van der Waals surface area contributed by atoms with Gasteiger partial charge in [-0.2, -0.15) is 5.26 Å². The van der Waals surface area contributed by atoms with E-state index in [2.05, 4.69) is 15.9 Å². The maximum absolute atomic E-state index is 10.7. The molecule has 126 valence electrons. The minimum atomic E-state index is -0.402. The monoisotopic (exact) mass is 345 g/mol. The number of nitro groups is 1. The van der Waals surface area contributed by atoms with E-state index in [4.69, 9.17) is 18.0 Å². The van der Waals surface area contributed by atoms with Crippen molar-refractivity contribution in [3.63, 3.8) is 0 Å². The number of benzene rings is 1. The summed E-state index contributed by atoms with van der Waals surface area (Å²) in [6.07, 6.45) is 0.907. The number of thiocarbonyl (C=S) groups is 1. The Morgan fingerprint density at radius 3 is 2.50 bits per heavy atom. The average molecular weight is 345 g/mol. The third-order valence-corrected chi connectivity index (χ3v) is 4.32. The van der Waals surface area contributed by atoms with Crippen LogP contribution in [0.25, 0.3) is 0 Å². The molecule has 0 atom stereocenters. The molecule has 1 saturated heterocycles. The summed E-state index contributed by atoms with van der Waals surface area (Å²) in [5, 5.41) is 19.9. The van der Waals surface area contributed by atoms with Gasteiger partial charge in [0.15, 0.2) is 0 Å². The molecule has 0 aromatic heterocycles. The fraction of sp³-hybridized carbons (Fsp3) is 0.375. The third kappa shape index (κ3) is 4.00. The highest BCUT2D eigenvalue weighted by atomic mass is 32.1. The molecule has 1 aliphatic heterocycles. The number of nitrogens with zero attached hydrogens (tertiary/aromatic N) is 4. The Morgan fingerprint density at radius 1 is 1.29 bits per heavy atom. The number of anilines is 1. The van der Waals surface area contributed by atoms with Crippen molar-refractivity contribution < 1.29 is 4.92 Å². The second kappa shape index (κ2) is 7.75. The number of nitrogens with two attached hydrogens (primary N) is 1. The molecule has 0 bridgehead atoms. The van der Waals surface area contributed by atoms with Gasteiger partial charge in [-0.15, -0.1) is 0 Å². The van der Waals surface area contributed by atoms with Crippen molar-refractivity contribution in [1.29, 1.82) is 5.26 Å². The molecule has 1 fully saturated rings. The summed E-state index contributed by atoms with van der Waals surface area (Å²) in [5.74, 6) is 0. The molecular formula is C16H19N5O2S. The fourth-order valence-electron chi connectivity index (χ4n) is 2.77. The van der Waals surface area contributed by atoms with Gasteiger partial charge < -0.3 is 15.5 Å². The van der Waals surface area contributed by atoms with Crippen molar-refractivity contribution in [3.05, 3.63) is 45.6 Å². The fourth-order valence-corrected chi connectivity index (χ4v) is 2.96. The van der Waals surface area contributed by atoms with Crippen LogP contribution in [0.2, 0.25) is 0 Å². The summed E-state index contributed by atoms with van der Waals surface area (Å²) in [6.45, 7) is 5.00. The standard InChI is InChI=1S/C16H19N5O2S/c1-12(15(11-17)16(18)24)19-7-2-8-20(10-9-19)13-3-5-14(6-4-13)21(22)23/h3-6H,2,7-10H2,1H3,(H2,18,24). The van der Waals surface area contributed by atoms with E-state index < -0.39 is 4.92 Å². The van der Waals surface area contributed by atoms with Gasteiger partial charge in [0.05, 0.1) is 4.92 Å². The molecule has 0 spiro atoms. The molecule has 7 nitrogen and oxygen atoms in total. The van der Waals surface area contributed by atoms with E-state index in [1.165, 1.54) is 12.1 Å². The number of nitriles is 1. The van der Waals surface area contributed by atoms with Gasteiger partial charge in [-0.1, -0.05) is 12.2 Å². The van der Waals surface area contributed by atoms with E-state index in [1.54, 1.807) is 12.1 Å². The summed E-state index contributed by atoms with van der Waals surface area (Å²) in [5.41, 5.74) is 7.81. The van der Waals surface area contributed by atoms with Gasteiger partial charge in [0.25, 0.3) is 5.69 Å². The van der Waals surface area contributed by atoms with Crippen LogP contribution in [-0.2, 0) is 0 Å². The smallest absolute Gasteiger partial charge is 0.269 e. The molecule has 0 saturated carbocycles. The van der Waals surface area contributed by atoms with Crippen LogP contribution in [-0.4, -0.2) is 41.0 Å². The molecule has 0 aliphatic carbocycles. The van der Waals surface area contributed by atoms with Gasteiger partial charge in [-0.25, -0.2) is 0 Å². The molecule has 1 aromatic rings. The number of non-ortho nitro benzene ring substituents is 1. The first-order valence-electron chi connectivity index (χ1n) is 7.59. The van der Waals surface area contributed by atoms with Gasteiger partial charge in [0, 0.05) is 49.7 Å². The minimum Gasteiger partial charge on any atom is -0.389 e. The quantitative estimate of drug-likeness (QED) is 0.293. The number of hydrogen-bond donors (Lipinski definition) is 1. The van der Waals surface area contributed by atoms with Crippen molar-refractivity contribution in [2.24, 2.45) is 5.73 Å². The largest absolute Gasteiger partial charge is 0.389 e. The van der Waals surface area contributed by atoms with E-state index in [0.29, 0.717) is 5.57 Å². The van der Waals surface area contributed by atoms with Crippen LogP contribution < -0.4 is 10.6 Å². The Balaban J connectivity index is 2.11. The summed E-state index contributed by atoms with van der Waals surface area (Å²) in [4.78, 5) is 14.8. The molecule has 1 heterocycles. The van der Waals surface area contributed by atoms with Gasteiger partial charge >= 0.3 is 0 Å². The van der Waals surface area contributed by atoms with Crippen molar-refractivity contribution >= 4 is 28.6 Å².